The van der Waals surface area contributed by atoms with Crippen molar-refractivity contribution in [1.82, 2.24) is 19.8 Å². The Morgan fingerprint density at radius 2 is 1.71 bits per heavy atom. The van der Waals surface area contributed by atoms with Gasteiger partial charge in [-0.15, -0.1) is 0 Å². The molecule has 1 aliphatic rings. The molecule has 5 nitrogen and oxygen atoms in total. The van der Waals surface area contributed by atoms with E-state index in [-0.39, 0.29) is 5.91 Å². The number of pyridine rings is 2. The van der Waals surface area contributed by atoms with Crippen molar-refractivity contribution in [2.75, 3.05) is 26.2 Å². The van der Waals surface area contributed by atoms with Gasteiger partial charge in [0.1, 0.15) is 0 Å². The van der Waals surface area contributed by atoms with Crippen LogP contribution < -0.4 is 0 Å². The van der Waals surface area contributed by atoms with E-state index < -0.39 is 11.7 Å². The maximum Gasteiger partial charge on any atom is 0.416 e. The molecule has 0 radical (unpaired) electrons. The molecule has 5 rings (SSSR count). The lowest BCUT2D eigenvalue weighted by molar-refractivity contribution is -0.137. The number of para-hydroxylation sites is 1. The van der Waals surface area contributed by atoms with Crippen molar-refractivity contribution in [3.63, 3.8) is 0 Å². The largest absolute Gasteiger partial charge is 0.416 e. The van der Waals surface area contributed by atoms with Crippen LogP contribution in [-0.4, -0.2) is 51.9 Å². The molecule has 1 saturated heterocycles. The Balaban J connectivity index is 1.33. The summed E-state index contributed by atoms with van der Waals surface area (Å²) in [6.45, 7) is 2.57. The summed E-state index contributed by atoms with van der Waals surface area (Å²) < 4.78 is 39.1. The lowest BCUT2D eigenvalue weighted by Crippen LogP contribution is -2.48. The summed E-state index contributed by atoms with van der Waals surface area (Å²) in [4.78, 5) is 26.3. The van der Waals surface area contributed by atoms with Gasteiger partial charge < -0.3 is 4.90 Å². The van der Waals surface area contributed by atoms with E-state index in [1.165, 1.54) is 12.1 Å². The Morgan fingerprint density at radius 1 is 0.914 bits per heavy atom. The Labute approximate surface area is 200 Å². The molecule has 3 heterocycles. The van der Waals surface area contributed by atoms with Crippen LogP contribution in [0.1, 0.15) is 21.5 Å². The van der Waals surface area contributed by atoms with Crippen molar-refractivity contribution in [2.45, 2.75) is 12.7 Å². The fourth-order valence-corrected chi connectivity index (χ4v) is 4.40. The molecule has 0 N–H and O–H groups in total. The predicted octanol–water partition coefficient (Wildman–Crippen LogP) is 5.27. The van der Waals surface area contributed by atoms with Gasteiger partial charge in [-0.25, -0.2) is 4.98 Å². The van der Waals surface area contributed by atoms with E-state index in [2.05, 4.69) is 9.88 Å². The minimum Gasteiger partial charge on any atom is -0.336 e. The predicted molar refractivity (Wildman–Crippen MR) is 128 cm³/mol. The smallest absolute Gasteiger partial charge is 0.336 e. The van der Waals surface area contributed by atoms with Crippen molar-refractivity contribution >= 4 is 16.8 Å². The van der Waals surface area contributed by atoms with Gasteiger partial charge >= 0.3 is 6.18 Å². The van der Waals surface area contributed by atoms with Gasteiger partial charge in [0, 0.05) is 56.1 Å². The number of carbonyl (C=O) groups is 1. The number of hydrogen-bond acceptors (Lipinski definition) is 4. The van der Waals surface area contributed by atoms with Gasteiger partial charge in [0.25, 0.3) is 5.91 Å². The number of hydrogen-bond donors (Lipinski definition) is 0. The Kier molecular flexibility index (Phi) is 6.21. The standard InChI is InChI=1S/C27H23F3N4O/c28-27(29,30)21-7-3-5-19(15-21)18-33-11-13-34(14-12-33)26(35)23-16-25(20-6-4-10-31-17-20)32-24-9-2-1-8-22(23)24/h1-10,15-17H,11-14,18H2. The van der Waals surface area contributed by atoms with Crippen molar-refractivity contribution in [3.8, 4) is 11.3 Å². The molecular weight excluding hydrogens is 453 g/mol. The monoisotopic (exact) mass is 476 g/mol. The normalized spacial score (nSPS) is 14.9. The highest BCUT2D eigenvalue weighted by atomic mass is 19.4. The third-order valence-electron chi connectivity index (χ3n) is 6.22. The minimum absolute atomic E-state index is 0.0764. The van der Waals surface area contributed by atoms with Gasteiger partial charge in [0.05, 0.1) is 22.3 Å². The summed E-state index contributed by atoms with van der Waals surface area (Å²) in [6.07, 6.45) is -0.948. The number of rotatable bonds is 4. The van der Waals surface area contributed by atoms with Gasteiger partial charge in [-0.2, -0.15) is 13.2 Å². The molecule has 4 aromatic rings. The molecule has 0 atom stereocenters. The average Bonchev–Trinajstić information content (AvgIpc) is 2.88. The number of amides is 1. The SMILES string of the molecule is O=C(c1cc(-c2cccnc2)nc2ccccc12)N1CCN(Cc2cccc(C(F)(F)F)c2)CC1. The summed E-state index contributed by atoms with van der Waals surface area (Å²) in [5.41, 5.74) is 2.81. The lowest BCUT2D eigenvalue weighted by Gasteiger charge is -2.35. The highest BCUT2D eigenvalue weighted by molar-refractivity contribution is 6.07. The summed E-state index contributed by atoms with van der Waals surface area (Å²) in [5.74, 6) is -0.0764. The zero-order chi connectivity index (χ0) is 24.4. The van der Waals surface area contributed by atoms with Crippen LogP contribution in [-0.2, 0) is 12.7 Å². The van der Waals surface area contributed by atoms with Crippen LogP contribution in [0.5, 0.6) is 0 Å². The molecule has 1 aliphatic heterocycles. The average molecular weight is 477 g/mol. The molecule has 1 amide bonds. The molecular formula is C27H23F3N4O. The number of fused-ring (bicyclic) bond motifs is 1. The molecule has 8 heteroatoms. The maximum atomic E-state index is 13.6. The topological polar surface area (TPSA) is 49.3 Å². The number of benzene rings is 2. The Morgan fingerprint density at radius 3 is 2.46 bits per heavy atom. The fraction of sp³-hybridized carbons (Fsp3) is 0.222. The molecule has 0 unspecified atom stereocenters. The lowest BCUT2D eigenvalue weighted by atomic mass is 10.0. The molecule has 0 bridgehead atoms. The molecule has 1 fully saturated rings. The molecule has 0 aliphatic carbocycles. The highest BCUT2D eigenvalue weighted by Crippen LogP contribution is 2.30. The van der Waals surface area contributed by atoms with Gasteiger partial charge in [0.15, 0.2) is 0 Å². The number of nitrogens with zero attached hydrogens (tertiary/aromatic N) is 4. The Bertz CT molecular complexity index is 1350. The van der Waals surface area contributed by atoms with Crippen LogP contribution in [0.3, 0.4) is 0 Å². The zero-order valence-electron chi connectivity index (χ0n) is 18.9. The summed E-state index contributed by atoms with van der Waals surface area (Å²) in [7, 11) is 0. The number of carbonyl (C=O) groups excluding carboxylic acids is 1. The second-order valence-corrected chi connectivity index (χ2v) is 8.58. The van der Waals surface area contributed by atoms with Gasteiger partial charge in [-0.05, 0) is 35.9 Å². The van der Waals surface area contributed by atoms with E-state index in [0.717, 1.165) is 22.5 Å². The van der Waals surface area contributed by atoms with Crippen molar-refractivity contribution in [2.24, 2.45) is 0 Å². The van der Waals surface area contributed by atoms with Crippen molar-refractivity contribution in [1.29, 1.82) is 0 Å². The highest BCUT2D eigenvalue weighted by Gasteiger charge is 2.31. The number of halogens is 3. The summed E-state index contributed by atoms with van der Waals surface area (Å²) >= 11 is 0. The van der Waals surface area contributed by atoms with Crippen LogP contribution in [0.4, 0.5) is 13.2 Å². The van der Waals surface area contributed by atoms with E-state index in [9.17, 15) is 18.0 Å². The second-order valence-electron chi connectivity index (χ2n) is 8.58. The Hall–Kier alpha value is -3.78. The van der Waals surface area contributed by atoms with Gasteiger partial charge in [-0.3, -0.25) is 14.7 Å². The number of alkyl halides is 3. The van der Waals surface area contributed by atoms with E-state index >= 15 is 0 Å². The van der Waals surface area contributed by atoms with Crippen LogP contribution in [0.15, 0.2) is 79.1 Å². The van der Waals surface area contributed by atoms with E-state index in [4.69, 9.17) is 4.98 Å². The first kappa shape index (κ1) is 23.0. The minimum atomic E-state index is -4.36. The van der Waals surface area contributed by atoms with Crippen LogP contribution in [0.25, 0.3) is 22.2 Å². The molecule has 2 aromatic carbocycles. The molecule has 2 aromatic heterocycles. The molecule has 35 heavy (non-hydrogen) atoms. The fourth-order valence-electron chi connectivity index (χ4n) is 4.40. The quantitative estimate of drug-likeness (QED) is 0.403. The summed E-state index contributed by atoms with van der Waals surface area (Å²) in [6, 6.07) is 18.5. The zero-order valence-corrected chi connectivity index (χ0v) is 18.9. The van der Waals surface area contributed by atoms with E-state index in [0.29, 0.717) is 49.5 Å². The van der Waals surface area contributed by atoms with Crippen LogP contribution in [0.2, 0.25) is 0 Å². The second kappa shape index (κ2) is 9.46. The van der Waals surface area contributed by atoms with Gasteiger partial charge in [0.2, 0.25) is 0 Å². The molecule has 178 valence electrons. The van der Waals surface area contributed by atoms with Gasteiger partial charge in [-0.1, -0.05) is 36.4 Å². The van der Waals surface area contributed by atoms with E-state index in [1.807, 2.05) is 42.5 Å². The molecule has 0 saturated carbocycles. The third kappa shape index (κ3) is 5.02. The maximum absolute atomic E-state index is 13.6. The summed E-state index contributed by atoms with van der Waals surface area (Å²) in [5, 5.41) is 0.788. The number of piperazine rings is 1. The first-order valence-electron chi connectivity index (χ1n) is 11.4. The van der Waals surface area contributed by atoms with Crippen LogP contribution in [0, 0.1) is 0 Å². The first-order chi connectivity index (χ1) is 16.9. The van der Waals surface area contributed by atoms with Crippen LogP contribution >= 0.6 is 0 Å². The van der Waals surface area contributed by atoms with Crippen molar-refractivity contribution < 1.29 is 18.0 Å². The molecule has 0 spiro atoms. The number of aromatic nitrogens is 2. The first-order valence-corrected chi connectivity index (χ1v) is 11.4. The third-order valence-corrected chi connectivity index (χ3v) is 6.22. The van der Waals surface area contributed by atoms with Crippen molar-refractivity contribution in [3.05, 3.63) is 95.8 Å². The van der Waals surface area contributed by atoms with E-state index in [1.54, 1.807) is 23.4 Å².